The highest BCUT2D eigenvalue weighted by Crippen LogP contribution is 2.37. The van der Waals surface area contributed by atoms with Gasteiger partial charge in [-0.2, -0.15) is 10.4 Å². The van der Waals surface area contributed by atoms with Gasteiger partial charge in [-0.3, -0.25) is 9.59 Å². The van der Waals surface area contributed by atoms with E-state index in [2.05, 4.69) is 16.5 Å². The summed E-state index contributed by atoms with van der Waals surface area (Å²) >= 11 is 5.99. The van der Waals surface area contributed by atoms with Crippen LogP contribution in [0.5, 0.6) is 0 Å². The number of ketones is 1. The highest BCUT2D eigenvalue weighted by molar-refractivity contribution is 6.31. The lowest BCUT2D eigenvalue weighted by Crippen LogP contribution is -2.29. The second kappa shape index (κ2) is 8.97. The van der Waals surface area contributed by atoms with Crippen molar-refractivity contribution in [3.8, 4) is 23.0 Å². The number of aryl methyl sites for hydroxylation is 1. The van der Waals surface area contributed by atoms with Crippen LogP contribution in [0.1, 0.15) is 21.6 Å². The summed E-state index contributed by atoms with van der Waals surface area (Å²) in [6.07, 6.45) is 1.34. The molecular weight excluding hydrogens is 448 g/mol. The molecule has 0 fully saturated rings. The number of hydrogen-bond donors (Lipinski definition) is 1. The van der Waals surface area contributed by atoms with E-state index >= 15 is 0 Å². The van der Waals surface area contributed by atoms with E-state index in [1.165, 1.54) is 5.56 Å². The Bertz CT molecular complexity index is 1450. The van der Waals surface area contributed by atoms with E-state index in [0.717, 1.165) is 28.9 Å². The van der Waals surface area contributed by atoms with E-state index in [1.807, 2.05) is 54.6 Å². The number of para-hydroxylation sites is 1. The number of aromatic nitrogens is 2. The molecule has 1 atom stereocenters. The summed E-state index contributed by atoms with van der Waals surface area (Å²) in [7, 11) is 0. The lowest BCUT2D eigenvalue weighted by molar-refractivity contribution is -0.117. The van der Waals surface area contributed by atoms with Gasteiger partial charge in [-0.05, 0) is 48.7 Å². The number of amides is 1. The van der Waals surface area contributed by atoms with Gasteiger partial charge in [0.05, 0.1) is 17.5 Å². The Kier molecular flexibility index (Phi) is 5.70. The van der Waals surface area contributed by atoms with Crippen LogP contribution in [-0.2, 0) is 17.6 Å². The Labute approximate surface area is 201 Å². The zero-order chi connectivity index (χ0) is 23.7. The molecule has 0 spiro atoms. The third-order valence-corrected chi connectivity index (χ3v) is 6.12. The summed E-state index contributed by atoms with van der Waals surface area (Å²) < 4.78 is 1.74. The topological polar surface area (TPSA) is 87.8 Å². The molecule has 0 aliphatic heterocycles. The van der Waals surface area contributed by atoms with E-state index in [1.54, 1.807) is 28.9 Å². The van der Waals surface area contributed by atoms with Gasteiger partial charge in [0.25, 0.3) is 0 Å². The van der Waals surface area contributed by atoms with Crippen LogP contribution in [0.2, 0.25) is 5.02 Å². The molecule has 5 rings (SSSR count). The molecule has 1 aliphatic rings. The molecular formula is C27H19ClN4O2. The number of rotatable bonds is 5. The van der Waals surface area contributed by atoms with Crippen LogP contribution in [0.4, 0.5) is 5.69 Å². The normalized spacial score (nSPS) is 12.7. The summed E-state index contributed by atoms with van der Waals surface area (Å²) in [4.78, 5) is 26.4. The van der Waals surface area contributed by atoms with Crippen LogP contribution in [0.3, 0.4) is 0 Å². The van der Waals surface area contributed by atoms with Gasteiger partial charge in [0, 0.05) is 21.8 Å². The third kappa shape index (κ3) is 3.87. The number of anilines is 1. The van der Waals surface area contributed by atoms with Gasteiger partial charge in [-0.25, -0.2) is 4.68 Å². The van der Waals surface area contributed by atoms with Crippen LogP contribution >= 0.6 is 11.6 Å². The first-order chi connectivity index (χ1) is 16.6. The SMILES string of the molecule is N#CC(C(=O)Nc1cccc(Cl)c1)C(=O)c1nn(-c2ccccc2)c2c1CCc1ccccc1-2. The van der Waals surface area contributed by atoms with Crippen molar-refractivity contribution in [2.24, 2.45) is 5.92 Å². The number of benzene rings is 3. The summed E-state index contributed by atoms with van der Waals surface area (Å²) in [5.41, 5.74) is 5.10. The van der Waals surface area contributed by atoms with Crippen molar-refractivity contribution in [1.82, 2.24) is 9.78 Å². The fourth-order valence-electron chi connectivity index (χ4n) is 4.30. The number of Topliss-reactive ketones (excluding diaryl/α,β-unsaturated/α-hetero) is 1. The molecule has 34 heavy (non-hydrogen) atoms. The van der Waals surface area contributed by atoms with Crippen molar-refractivity contribution in [2.75, 3.05) is 5.32 Å². The summed E-state index contributed by atoms with van der Waals surface area (Å²) in [6, 6.07) is 26.0. The van der Waals surface area contributed by atoms with Crippen molar-refractivity contribution in [3.63, 3.8) is 0 Å². The van der Waals surface area contributed by atoms with Crippen LogP contribution < -0.4 is 5.32 Å². The van der Waals surface area contributed by atoms with Gasteiger partial charge in [0.2, 0.25) is 11.7 Å². The summed E-state index contributed by atoms with van der Waals surface area (Å²) in [6.45, 7) is 0. The molecule has 4 aromatic rings. The van der Waals surface area contributed by atoms with Crippen LogP contribution in [0.25, 0.3) is 16.9 Å². The minimum Gasteiger partial charge on any atom is -0.324 e. The van der Waals surface area contributed by atoms with Crippen LogP contribution in [0.15, 0.2) is 78.9 Å². The third-order valence-electron chi connectivity index (χ3n) is 5.88. The number of halogens is 1. The molecule has 166 valence electrons. The Morgan fingerprint density at radius 1 is 1.00 bits per heavy atom. The van der Waals surface area contributed by atoms with Crippen molar-refractivity contribution < 1.29 is 9.59 Å². The first-order valence-electron chi connectivity index (χ1n) is 10.8. The maximum absolute atomic E-state index is 13.5. The van der Waals surface area contributed by atoms with Crippen LogP contribution in [-0.4, -0.2) is 21.5 Å². The molecule has 0 bridgehead atoms. The molecule has 1 aliphatic carbocycles. The van der Waals surface area contributed by atoms with Gasteiger partial charge in [-0.15, -0.1) is 0 Å². The molecule has 1 N–H and O–H groups in total. The highest BCUT2D eigenvalue weighted by atomic mass is 35.5. The largest absolute Gasteiger partial charge is 0.324 e. The average Bonchev–Trinajstić information content (AvgIpc) is 3.25. The molecule has 1 heterocycles. The number of nitrogens with one attached hydrogen (secondary N) is 1. The molecule has 0 saturated heterocycles. The fourth-order valence-corrected chi connectivity index (χ4v) is 4.49. The van der Waals surface area contributed by atoms with E-state index < -0.39 is 17.6 Å². The zero-order valence-electron chi connectivity index (χ0n) is 18.0. The molecule has 7 heteroatoms. The number of hydrogen-bond acceptors (Lipinski definition) is 4. The summed E-state index contributed by atoms with van der Waals surface area (Å²) in [5, 5.41) is 17.5. The first kappa shape index (κ1) is 21.6. The number of fused-ring (bicyclic) bond motifs is 3. The maximum atomic E-state index is 13.5. The zero-order valence-corrected chi connectivity index (χ0v) is 18.8. The van der Waals surface area contributed by atoms with Crippen LogP contribution in [0, 0.1) is 17.2 Å². The predicted molar refractivity (Wildman–Crippen MR) is 130 cm³/mol. The molecule has 0 radical (unpaired) electrons. The lowest BCUT2D eigenvalue weighted by atomic mass is 9.87. The number of carbonyl (C=O) groups is 2. The van der Waals surface area contributed by atoms with E-state index in [4.69, 9.17) is 11.6 Å². The molecule has 1 amide bonds. The standard InChI is InChI=1S/C27H19ClN4O2/c28-18-8-6-9-19(15-18)30-27(34)23(16-29)26(33)24-22-14-13-17-7-4-5-12-21(17)25(22)32(31-24)20-10-2-1-3-11-20/h1-12,15,23H,13-14H2,(H,30,34). The quantitative estimate of drug-likeness (QED) is 0.321. The smallest absolute Gasteiger partial charge is 0.249 e. The molecule has 3 aromatic carbocycles. The number of carbonyl (C=O) groups excluding carboxylic acids is 2. The number of nitriles is 1. The van der Waals surface area contributed by atoms with Crippen molar-refractivity contribution in [3.05, 3.63) is 101 Å². The van der Waals surface area contributed by atoms with Crippen molar-refractivity contribution >= 4 is 29.0 Å². The maximum Gasteiger partial charge on any atom is 0.249 e. The Balaban J connectivity index is 1.57. The Morgan fingerprint density at radius 3 is 2.53 bits per heavy atom. The Morgan fingerprint density at radius 2 is 1.76 bits per heavy atom. The second-order valence-corrected chi connectivity index (χ2v) is 8.44. The predicted octanol–water partition coefficient (Wildman–Crippen LogP) is 5.25. The molecule has 0 saturated carbocycles. The van der Waals surface area contributed by atoms with E-state index in [-0.39, 0.29) is 5.69 Å². The van der Waals surface area contributed by atoms with Gasteiger partial charge >= 0.3 is 0 Å². The molecule has 1 aromatic heterocycles. The molecule has 6 nitrogen and oxygen atoms in total. The van der Waals surface area contributed by atoms with Crippen molar-refractivity contribution in [1.29, 1.82) is 5.26 Å². The molecule has 1 unspecified atom stereocenters. The van der Waals surface area contributed by atoms with Gasteiger partial charge in [0.1, 0.15) is 5.69 Å². The number of nitrogens with zero attached hydrogens (tertiary/aromatic N) is 3. The monoisotopic (exact) mass is 466 g/mol. The fraction of sp³-hybridized carbons (Fsp3) is 0.111. The Hall–Kier alpha value is -4.21. The first-order valence-corrected chi connectivity index (χ1v) is 11.2. The lowest BCUT2D eigenvalue weighted by Gasteiger charge is -2.18. The van der Waals surface area contributed by atoms with Gasteiger partial charge in [0.15, 0.2) is 5.92 Å². The van der Waals surface area contributed by atoms with Gasteiger partial charge < -0.3 is 5.32 Å². The highest BCUT2D eigenvalue weighted by Gasteiger charge is 2.35. The minimum atomic E-state index is -1.54. The minimum absolute atomic E-state index is 0.154. The van der Waals surface area contributed by atoms with Crippen molar-refractivity contribution in [2.45, 2.75) is 12.8 Å². The second-order valence-electron chi connectivity index (χ2n) is 8.01. The van der Waals surface area contributed by atoms with E-state index in [0.29, 0.717) is 17.1 Å². The average molecular weight is 467 g/mol. The van der Waals surface area contributed by atoms with Gasteiger partial charge in [-0.1, -0.05) is 60.1 Å². The van der Waals surface area contributed by atoms with E-state index in [9.17, 15) is 14.9 Å². The summed E-state index contributed by atoms with van der Waals surface area (Å²) in [5.74, 6) is -2.87.